The van der Waals surface area contributed by atoms with Crippen molar-refractivity contribution in [2.24, 2.45) is 0 Å². The molecule has 0 aliphatic carbocycles. The van der Waals surface area contributed by atoms with Gasteiger partial charge in [-0.3, -0.25) is 9.36 Å². The lowest BCUT2D eigenvalue weighted by molar-refractivity contribution is 0.298. The van der Waals surface area contributed by atoms with Crippen LogP contribution < -0.4 is 10.3 Å². The van der Waals surface area contributed by atoms with E-state index in [0.29, 0.717) is 23.9 Å². The minimum absolute atomic E-state index is 0.0678. The molecule has 0 N–H and O–H groups in total. The Morgan fingerprint density at radius 3 is 2.46 bits per heavy atom. The van der Waals surface area contributed by atoms with E-state index in [1.165, 1.54) is 0 Å². The average molecular weight is 394 g/mol. The highest BCUT2D eigenvalue weighted by molar-refractivity contribution is 6.30. The van der Waals surface area contributed by atoms with Crippen LogP contribution in [-0.4, -0.2) is 21.0 Å². The van der Waals surface area contributed by atoms with Crippen molar-refractivity contribution >= 4 is 22.6 Å². The van der Waals surface area contributed by atoms with Crippen molar-refractivity contribution in [1.29, 1.82) is 0 Å². The number of halogens is 1. The lowest BCUT2D eigenvalue weighted by Crippen LogP contribution is -2.25. The first-order chi connectivity index (χ1) is 13.5. The van der Waals surface area contributed by atoms with E-state index in [2.05, 4.69) is 0 Å². The molecule has 142 valence electrons. The predicted molar refractivity (Wildman–Crippen MR) is 112 cm³/mol. The maximum absolute atomic E-state index is 12.8. The number of rotatable bonds is 5. The quantitative estimate of drug-likeness (QED) is 0.500. The zero-order chi connectivity index (χ0) is 19.7. The van der Waals surface area contributed by atoms with Crippen LogP contribution in [0.4, 0.5) is 0 Å². The van der Waals surface area contributed by atoms with Crippen molar-refractivity contribution in [2.75, 3.05) is 6.61 Å². The Balaban J connectivity index is 1.75. The van der Waals surface area contributed by atoms with Crippen LogP contribution in [0.3, 0.4) is 0 Å². The molecule has 0 aliphatic rings. The van der Waals surface area contributed by atoms with Crippen LogP contribution in [0.25, 0.3) is 16.7 Å². The van der Waals surface area contributed by atoms with Gasteiger partial charge in [0.15, 0.2) is 0 Å². The monoisotopic (exact) mass is 393 g/mol. The fourth-order valence-electron chi connectivity index (χ4n) is 3.42. The van der Waals surface area contributed by atoms with Gasteiger partial charge < -0.3 is 4.74 Å². The van der Waals surface area contributed by atoms with Crippen LogP contribution in [0.5, 0.6) is 5.75 Å². The molecule has 4 rings (SSSR count). The summed E-state index contributed by atoms with van der Waals surface area (Å²) in [6.07, 6.45) is 0. The van der Waals surface area contributed by atoms with Crippen molar-refractivity contribution in [3.63, 3.8) is 0 Å². The van der Waals surface area contributed by atoms with Gasteiger partial charge in [-0.15, -0.1) is 0 Å². The molecule has 2 heterocycles. The van der Waals surface area contributed by atoms with E-state index >= 15 is 0 Å². The number of aromatic nitrogens is 3. The van der Waals surface area contributed by atoms with Gasteiger partial charge in [-0.05, 0) is 55.8 Å². The Labute approximate surface area is 167 Å². The number of hydrogen-bond donors (Lipinski definition) is 0. The van der Waals surface area contributed by atoms with Gasteiger partial charge >= 0.3 is 0 Å². The molecule has 0 saturated carbocycles. The number of benzene rings is 2. The molecule has 0 atom stereocenters. The van der Waals surface area contributed by atoms with Crippen LogP contribution in [-0.2, 0) is 6.54 Å². The van der Waals surface area contributed by atoms with Crippen molar-refractivity contribution in [3.05, 3.63) is 87.3 Å². The van der Waals surface area contributed by atoms with Gasteiger partial charge in [0.1, 0.15) is 18.0 Å². The Hall–Kier alpha value is -3.05. The molecule has 0 bridgehead atoms. The number of para-hydroxylation sites is 1. The standard InChI is InChI=1S/C22H20ClN3O2/c1-15-14-20(27)25(12-13-28-19-10-8-17(23)9-11-19)22-21(15)16(2)24-26(22)18-6-4-3-5-7-18/h3-11,14H,12-13H2,1-2H3. The second kappa shape index (κ2) is 7.52. The van der Waals surface area contributed by atoms with E-state index in [-0.39, 0.29) is 5.56 Å². The summed E-state index contributed by atoms with van der Waals surface area (Å²) in [5.41, 5.74) is 3.45. The molecule has 0 fully saturated rings. The molecule has 6 heteroatoms. The highest BCUT2D eigenvalue weighted by Gasteiger charge is 2.17. The maximum atomic E-state index is 12.8. The first-order valence-corrected chi connectivity index (χ1v) is 9.46. The number of aryl methyl sites for hydroxylation is 2. The molecule has 0 aliphatic heterocycles. The van der Waals surface area contributed by atoms with Crippen molar-refractivity contribution in [1.82, 2.24) is 14.3 Å². The van der Waals surface area contributed by atoms with Crippen molar-refractivity contribution in [2.45, 2.75) is 20.4 Å². The van der Waals surface area contributed by atoms with E-state index in [1.54, 1.807) is 22.8 Å². The zero-order valence-corrected chi connectivity index (χ0v) is 16.5. The van der Waals surface area contributed by atoms with Crippen LogP contribution in [0.15, 0.2) is 65.5 Å². The summed E-state index contributed by atoms with van der Waals surface area (Å²) in [6, 6.07) is 18.7. The fraction of sp³-hybridized carbons (Fsp3) is 0.182. The maximum Gasteiger partial charge on any atom is 0.252 e. The molecule has 5 nitrogen and oxygen atoms in total. The second-order valence-electron chi connectivity index (χ2n) is 6.65. The van der Waals surface area contributed by atoms with Crippen LogP contribution in [0, 0.1) is 13.8 Å². The minimum Gasteiger partial charge on any atom is -0.492 e. The molecule has 2 aromatic carbocycles. The van der Waals surface area contributed by atoms with Gasteiger partial charge in [0.05, 0.1) is 17.9 Å². The molecule has 4 aromatic rings. The molecule has 0 spiro atoms. The molecular weight excluding hydrogens is 374 g/mol. The summed E-state index contributed by atoms with van der Waals surface area (Å²) in [4.78, 5) is 12.8. The van der Waals surface area contributed by atoms with E-state index in [4.69, 9.17) is 21.4 Å². The summed E-state index contributed by atoms with van der Waals surface area (Å²) in [5.74, 6) is 0.716. The Bertz CT molecular complexity index is 1180. The molecule has 2 aromatic heterocycles. The third-order valence-corrected chi connectivity index (χ3v) is 4.94. The lowest BCUT2D eigenvalue weighted by atomic mass is 10.1. The molecule has 0 unspecified atom stereocenters. The summed E-state index contributed by atoms with van der Waals surface area (Å²) in [6.45, 7) is 4.69. The first kappa shape index (κ1) is 18.3. The average Bonchev–Trinajstić information content (AvgIpc) is 3.04. The van der Waals surface area contributed by atoms with Crippen molar-refractivity contribution in [3.8, 4) is 11.4 Å². The van der Waals surface area contributed by atoms with E-state index in [1.807, 2.05) is 61.0 Å². The predicted octanol–water partition coefficient (Wildman–Crippen LogP) is 4.54. The van der Waals surface area contributed by atoms with Gasteiger partial charge in [0, 0.05) is 16.5 Å². The summed E-state index contributed by atoms with van der Waals surface area (Å²) in [5, 5.41) is 6.35. The van der Waals surface area contributed by atoms with Crippen molar-refractivity contribution < 1.29 is 4.74 Å². The molecule has 28 heavy (non-hydrogen) atoms. The Kier molecular flexibility index (Phi) is 4.92. The van der Waals surface area contributed by atoms with Gasteiger partial charge in [0.25, 0.3) is 5.56 Å². The largest absolute Gasteiger partial charge is 0.492 e. The van der Waals surface area contributed by atoms with E-state index in [9.17, 15) is 4.79 Å². The molecular formula is C22H20ClN3O2. The lowest BCUT2D eigenvalue weighted by Gasteiger charge is -2.13. The summed E-state index contributed by atoms with van der Waals surface area (Å²) >= 11 is 5.91. The van der Waals surface area contributed by atoms with Crippen LogP contribution >= 0.6 is 11.6 Å². The third-order valence-electron chi connectivity index (χ3n) is 4.69. The number of hydrogen-bond acceptors (Lipinski definition) is 3. The number of fused-ring (bicyclic) bond motifs is 1. The fourth-order valence-corrected chi connectivity index (χ4v) is 3.54. The highest BCUT2D eigenvalue weighted by Crippen LogP contribution is 2.24. The van der Waals surface area contributed by atoms with Crippen LogP contribution in [0.2, 0.25) is 5.02 Å². The highest BCUT2D eigenvalue weighted by atomic mass is 35.5. The van der Waals surface area contributed by atoms with Gasteiger partial charge in [0.2, 0.25) is 0 Å². The SMILES string of the molecule is Cc1cc(=O)n(CCOc2ccc(Cl)cc2)c2c1c(C)nn2-c1ccccc1. The van der Waals surface area contributed by atoms with Gasteiger partial charge in [-0.1, -0.05) is 29.8 Å². The second-order valence-corrected chi connectivity index (χ2v) is 7.09. The number of nitrogens with zero attached hydrogens (tertiary/aromatic N) is 3. The smallest absolute Gasteiger partial charge is 0.252 e. The topological polar surface area (TPSA) is 49.1 Å². The summed E-state index contributed by atoms with van der Waals surface area (Å²) in [7, 11) is 0. The minimum atomic E-state index is -0.0678. The summed E-state index contributed by atoms with van der Waals surface area (Å²) < 4.78 is 9.37. The normalized spacial score (nSPS) is 11.1. The number of pyridine rings is 1. The zero-order valence-electron chi connectivity index (χ0n) is 15.7. The number of ether oxygens (including phenoxy) is 1. The Morgan fingerprint density at radius 1 is 1.04 bits per heavy atom. The third kappa shape index (κ3) is 3.41. The van der Waals surface area contributed by atoms with E-state index in [0.717, 1.165) is 28.0 Å². The molecule has 0 saturated heterocycles. The van der Waals surface area contributed by atoms with Crippen LogP contribution in [0.1, 0.15) is 11.3 Å². The Morgan fingerprint density at radius 2 is 1.75 bits per heavy atom. The molecule has 0 amide bonds. The van der Waals surface area contributed by atoms with Gasteiger partial charge in [-0.2, -0.15) is 5.10 Å². The molecule has 0 radical (unpaired) electrons. The van der Waals surface area contributed by atoms with E-state index < -0.39 is 0 Å². The first-order valence-electron chi connectivity index (χ1n) is 9.08. The van der Waals surface area contributed by atoms with Gasteiger partial charge in [-0.25, -0.2) is 4.68 Å².